The molecule has 3 aromatic rings. The predicted molar refractivity (Wildman–Crippen MR) is 99.1 cm³/mol. The summed E-state index contributed by atoms with van der Waals surface area (Å²) in [6.07, 6.45) is 8.21. The number of Topliss-reactive ketones (excluding diaryl/α,β-unsaturated/α-hetero) is 1. The Morgan fingerprint density at radius 1 is 1.19 bits per heavy atom. The van der Waals surface area contributed by atoms with Gasteiger partial charge >= 0.3 is 0 Å². The molecule has 1 aliphatic rings. The van der Waals surface area contributed by atoms with E-state index in [1.165, 1.54) is 24.0 Å². The van der Waals surface area contributed by atoms with Gasteiger partial charge in [0.15, 0.2) is 5.82 Å². The molecule has 5 nitrogen and oxygen atoms in total. The Hall–Kier alpha value is -2.73. The van der Waals surface area contributed by atoms with Crippen molar-refractivity contribution in [3.05, 3.63) is 58.8 Å². The van der Waals surface area contributed by atoms with E-state index in [0.717, 1.165) is 23.9 Å². The van der Waals surface area contributed by atoms with E-state index in [4.69, 9.17) is 11.6 Å². The first-order chi connectivity index (χ1) is 12.6. The van der Waals surface area contributed by atoms with Gasteiger partial charge in [0.05, 0.1) is 5.02 Å². The smallest absolute Gasteiger partial charge is 0.158 e. The van der Waals surface area contributed by atoms with Gasteiger partial charge in [0, 0.05) is 30.3 Å². The Bertz CT molecular complexity index is 1020. The van der Waals surface area contributed by atoms with Crippen molar-refractivity contribution in [2.24, 2.45) is 0 Å². The minimum atomic E-state index is -0.468. The maximum absolute atomic E-state index is 13.4. The Balaban J connectivity index is 1.71. The van der Waals surface area contributed by atoms with E-state index in [9.17, 15) is 9.18 Å². The third-order valence-corrected chi connectivity index (χ3v) is 4.77. The molecule has 4 rings (SSSR count). The minimum absolute atomic E-state index is 0.0460. The fourth-order valence-corrected chi connectivity index (χ4v) is 3.29. The summed E-state index contributed by atoms with van der Waals surface area (Å²) in [6, 6.07) is 6.40. The van der Waals surface area contributed by atoms with Crippen LogP contribution < -0.4 is 5.32 Å². The number of nitrogens with zero attached hydrogens (tertiary/aromatic N) is 3. The highest BCUT2D eigenvalue weighted by Gasteiger charge is 2.15. The molecule has 0 atom stereocenters. The van der Waals surface area contributed by atoms with Crippen molar-refractivity contribution in [3.8, 4) is 0 Å². The lowest BCUT2D eigenvalue weighted by molar-refractivity contribution is -0.119. The molecule has 0 amide bonds. The Morgan fingerprint density at radius 3 is 2.77 bits per heavy atom. The third kappa shape index (κ3) is 3.32. The van der Waals surface area contributed by atoms with Crippen molar-refractivity contribution in [3.63, 3.8) is 0 Å². The lowest BCUT2D eigenvalue weighted by Gasteiger charge is -2.13. The molecule has 0 unspecified atom stereocenters. The number of hydrogen-bond acceptors (Lipinski definition) is 4. The number of aromatic nitrogens is 3. The Kier molecular flexibility index (Phi) is 4.42. The van der Waals surface area contributed by atoms with Gasteiger partial charge in [0.25, 0.3) is 0 Å². The van der Waals surface area contributed by atoms with Crippen molar-refractivity contribution in [2.45, 2.75) is 25.7 Å². The molecule has 0 aliphatic heterocycles. The van der Waals surface area contributed by atoms with Gasteiger partial charge in [-0.05, 0) is 37.1 Å². The van der Waals surface area contributed by atoms with Crippen molar-refractivity contribution in [1.29, 1.82) is 0 Å². The van der Waals surface area contributed by atoms with Gasteiger partial charge in [-0.3, -0.25) is 4.79 Å². The maximum atomic E-state index is 13.4. The average Bonchev–Trinajstić information content (AvgIpc) is 3.04. The standard InChI is InChI=1S/C19H16ClFN4O/c20-16-10-14(3-6-17(16)21)24-19-18-13(7-8-25(18)23-11-22-19)9-12-1-4-15(26)5-2-12/h3,6-11H,1-2,4-5H2,(H,22,23,24). The third-order valence-electron chi connectivity index (χ3n) is 4.48. The van der Waals surface area contributed by atoms with Gasteiger partial charge in [-0.25, -0.2) is 13.9 Å². The van der Waals surface area contributed by atoms with E-state index in [0.29, 0.717) is 30.1 Å². The number of anilines is 2. The number of allylic oxidation sites excluding steroid dienone is 1. The molecule has 1 aromatic carbocycles. The summed E-state index contributed by atoms with van der Waals surface area (Å²) in [6.45, 7) is 0. The zero-order valence-corrected chi connectivity index (χ0v) is 14.6. The molecule has 7 heteroatoms. The molecule has 26 heavy (non-hydrogen) atoms. The van der Waals surface area contributed by atoms with E-state index in [1.54, 1.807) is 10.6 Å². The number of benzene rings is 1. The summed E-state index contributed by atoms with van der Waals surface area (Å²) >= 11 is 5.86. The van der Waals surface area contributed by atoms with E-state index in [1.807, 2.05) is 12.3 Å². The van der Waals surface area contributed by atoms with Crippen molar-refractivity contribution >= 4 is 40.5 Å². The summed E-state index contributed by atoms with van der Waals surface area (Å²) in [7, 11) is 0. The number of halogens is 2. The monoisotopic (exact) mass is 370 g/mol. The number of hydrogen-bond donors (Lipinski definition) is 1. The normalized spacial score (nSPS) is 14.7. The molecule has 0 spiro atoms. The van der Waals surface area contributed by atoms with Crippen LogP contribution in [0, 0.1) is 5.82 Å². The molecule has 1 fully saturated rings. The second-order valence-corrected chi connectivity index (χ2v) is 6.68. The molecule has 0 bridgehead atoms. The molecule has 1 saturated carbocycles. The molecule has 0 saturated heterocycles. The number of rotatable bonds is 3. The lowest BCUT2D eigenvalue weighted by Crippen LogP contribution is -2.06. The quantitative estimate of drug-likeness (QED) is 0.720. The van der Waals surface area contributed by atoms with Crippen LogP contribution in [0.3, 0.4) is 0 Å². The van der Waals surface area contributed by atoms with Gasteiger partial charge in [-0.1, -0.05) is 23.3 Å². The second-order valence-electron chi connectivity index (χ2n) is 6.27. The predicted octanol–water partition coefficient (Wildman–Crippen LogP) is 4.79. The number of carbonyl (C=O) groups excluding carboxylic acids is 1. The van der Waals surface area contributed by atoms with Crippen LogP contribution in [0.4, 0.5) is 15.9 Å². The van der Waals surface area contributed by atoms with Gasteiger partial charge in [0.2, 0.25) is 0 Å². The van der Waals surface area contributed by atoms with Crippen LogP contribution in [0.2, 0.25) is 5.02 Å². The van der Waals surface area contributed by atoms with Crippen molar-refractivity contribution in [2.75, 3.05) is 5.32 Å². The van der Waals surface area contributed by atoms with Crippen LogP contribution in [-0.4, -0.2) is 20.4 Å². The van der Waals surface area contributed by atoms with Crippen LogP contribution in [0.25, 0.3) is 11.6 Å². The first-order valence-electron chi connectivity index (χ1n) is 8.36. The van der Waals surface area contributed by atoms with Gasteiger partial charge < -0.3 is 5.32 Å². The Morgan fingerprint density at radius 2 is 2.00 bits per heavy atom. The summed E-state index contributed by atoms with van der Waals surface area (Å²) in [5.74, 6) is 0.458. The zero-order valence-electron chi connectivity index (χ0n) is 13.9. The topological polar surface area (TPSA) is 59.3 Å². The van der Waals surface area contributed by atoms with Crippen LogP contribution in [-0.2, 0) is 4.79 Å². The summed E-state index contributed by atoms with van der Waals surface area (Å²) in [5, 5.41) is 7.46. The van der Waals surface area contributed by atoms with Crippen molar-refractivity contribution in [1.82, 2.24) is 14.6 Å². The zero-order chi connectivity index (χ0) is 18.1. The number of fused-ring (bicyclic) bond motifs is 1. The number of carbonyl (C=O) groups is 1. The fourth-order valence-electron chi connectivity index (χ4n) is 3.11. The van der Waals surface area contributed by atoms with Gasteiger partial charge in [-0.15, -0.1) is 0 Å². The summed E-state index contributed by atoms with van der Waals surface area (Å²) in [5.41, 5.74) is 3.68. The van der Waals surface area contributed by atoms with Crippen LogP contribution in [0.15, 0.2) is 42.4 Å². The first kappa shape index (κ1) is 16.7. The lowest BCUT2D eigenvalue weighted by atomic mass is 9.92. The molecule has 2 heterocycles. The van der Waals surface area contributed by atoms with Gasteiger partial charge in [-0.2, -0.15) is 5.10 Å². The molecular weight excluding hydrogens is 355 g/mol. The van der Waals surface area contributed by atoms with E-state index in [-0.39, 0.29) is 5.02 Å². The maximum Gasteiger partial charge on any atom is 0.158 e. The summed E-state index contributed by atoms with van der Waals surface area (Å²) in [4.78, 5) is 15.8. The molecular formula is C19H16ClFN4O. The SMILES string of the molecule is O=C1CCC(=Cc2ccn3ncnc(Nc4ccc(F)c(Cl)c4)c23)CC1. The van der Waals surface area contributed by atoms with E-state index in [2.05, 4.69) is 21.5 Å². The van der Waals surface area contributed by atoms with E-state index < -0.39 is 5.82 Å². The second kappa shape index (κ2) is 6.88. The molecule has 1 aliphatic carbocycles. The fraction of sp³-hybridized carbons (Fsp3) is 0.211. The van der Waals surface area contributed by atoms with Gasteiger partial charge in [0.1, 0.15) is 23.4 Å². The van der Waals surface area contributed by atoms with Crippen LogP contribution >= 0.6 is 11.6 Å². The summed E-state index contributed by atoms with van der Waals surface area (Å²) < 4.78 is 15.1. The molecule has 132 valence electrons. The van der Waals surface area contributed by atoms with Crippen LogP contribution in [0.1, 0.15) is 31.2 Å². The van der Waals surface area contributed by atoms with Crippen molar-refractivity contribution < 1.29 is 9.18 Å². The molecule has 0 radical (unpaired) electrons. The molecule has 2 aromatic heterocycles. The Labute approximate surface area is 154 Å². The average molecular weight is 371 g/mol. The van der Waals surface area contributed by atoms with E-state index >= 15 is 0 Å². The highest BCUT2D eigenvalue weighted by Crippen LogP contribution is 2.29. The highest BCUT2D eigenvalue weighted by atomic mass is 35.5. The van der Waals surface area contributed by atoms with Crippen LogP contribution in [0.5, 0.6) is 0 Å². The first-order valence-corrected chi connectivity index (χ1v) is 8.73. The largest absolute Gasteiger partial charge is 0.338 e. The number of nitrogens with one attached hydrogen (secondary N) is 1. The number of ketones is 1. The minimum Gasteiger partial charge on any atom is -0.338 e. The highest BCUT2D eigenvalue weighted by molar-refractivity contribution is 6.31. The molecule has 1 N–H and O–H groups in total.